The largest absolute Gasteiger partial charge is 0.494 e. The molecule has 0 amide bonds. The topological polar surface area (TPSA) is 63.9 Å². The summed E-state index contributed by atoms with van der Waals surface area (Å²) in [5.41, 5.74) is 7.67. The number of rotatable bonds is 3. The van der Waals surface area contributed by atoms with E-state index >= 15 is 0 Å². The SMILES string of the molecule is CCOc1ccc(-c2cnc(=S)[nH]c2N)cc1. The van der Waals surface area contributed by atoms with Gasteiger partial charge in [0.2, 0.25) is 0 Å². The molecule has 2 rings (SSSR count). The Labute approximate surface area is 104 Å². The van der Waals surface area contributed by atoms with Crippen molar-refractivity contribution in [3.05, 3.63) is 35.2 Å². The fourth-order valence-electron chi connectivity index (χ4n) is 1.53. The minimum absolute atomic E-state index is 0.386. The molecular weight excluding hydrogens is 234 g/mol. The Morgan fingerprint density at radius 3 is 2.65 bits per heavy atom. The second kappa shape index (κ2) is 4.97. The lowest BCUT2D eigenvalue weighted by atomic mass is 10.1. The zero-order chi connectivity index (χ0) is 12.3. The van der Waals surface area contributed by atoms with Crippen LogP contribution in [0.1, 0.15) is 6.92 Å². The first-order chi connectivity index (χ1) is 8.20. The van der Waals surface area contributed by atoms with Gasteiger partial charge < -0.3 is 15.5 Å². The molecule has 0 fully saturated rings. The Bertz CT molecular complexity index is 563. The van der Waals surface area contributed by atoms with Gasteiger partial charge in [-0.2, -0.15) is 0 Å². The molecule has 17 heavy (non-hydrogen) atoms. The van der Waals surface area contributed by atoms with Crippen molar-refractivity contribution in [2.75, 3.05) is 12.3 Å². The first-order valence-electron chi connectivity index (χ1n) is 5.28. The number of nitrogens with zero attached hydrogens (tertiary/aromatic N) is 1. The maximum atomic E-state index is 5.86. The smallest absolute Gasteiger partial charge is 0.198 e. The molecule has 0 bridgehead atoms. The van der Waals surface area contributed by atoms with E-state index < -0.39 is 0 Å². The van der Waals surface area contributed by atoms with Gasteiger partial charge in [-0.3, -0.25) is 0 Å². The summed E-state index contributed by atoms with van der Waals surface area (Å²) in [4.78, 5) is 6.85. The van der Waals surface area contributed by atoms with Crippen LogP contribution in [0.4, 0.5) is 5.82 Å². The second-order valence-corrected chi connectivity index (χ2v) is 3.86. The molecule has 5 heteroatoms. The molecule has 4 nitrogen and oxygen atoms in total. The average Bonchev–Trinajstić information content (AvgIpc) is 2.31. The van der Waals surface area contributed by atoms with Crippen LogP contribution in [0.25, 0.3) is 11.1 Å². The lowest BCUT2D eigenvalue weighted by molar-refractivity contribution is 0.340. The van der Waals surface area contributed by atoms with Crippen molar-refractivity contribution < 1.29 is 4.74 Å². The highest BCUT2D eigenvalue weighted by molar-refractivity contribution is 7.71. The molecule has 0 aliphatic rings. The second-order valence-electron chi connectivity index (χ2n) is 3.47. The average molecular weight is 247 g/mol. The zero-order valence-electron chi connectivity index (χ0n) is 9.43. The van der Waals surface area contributed by atoms with E-state index in [4.69, 9.17) is 22.7 Å². The predicted molar refractivity (Wildman–Crippen MR) is 70.4 cm³/mol. The van der Waals surface area contributed by atoms with E-state index in [9.17, 15) is 0 Å². The molecule has 0 unspecified atom stereocenters. The Hall–Kier alpha value is -1.88. The lowest BCUT2D eigenvalue weighted by Crippen LogP contribution is -1.96. The van der Waals surface area contributed by atoms with Crippen LogP contribution in [0.2, 0.25) is 0 Å². The maximum Gasteiger partial charge on any atom is 0.198 e. The minimum atomic E-state index is 0.386. The van der Waals surface area contributed by atoms with E-state index in [0.29, 0.717) is 17.2 Å². The third kappa shape index (κ3) is 2.62. The summed E-state index contributed by atoms with van der Waals surface area (Å²) in [7, 11) is 0. The molecule has 0 radical (unpaired) electrons. The number of ether oxygens (including phenoxy) is 1. The van der Waals surface area contributed by atoms with Gasteiger partial charge in [0.15, 0.2) is 4.77 Å². The highest BCUT2D eigenvalue weighted by Gasteiger charge is 2.03. The van der Waals surface area contributed by atoms with Crippen molar-refractivity contribution in [3.63, 3.8) is 0 Å². The minimum Gasteiger partial charge on any atom is -0.494 e. The number of hydrogen-bond donors (Lipinski definition) is 2. The monoisotopic (exact) mass is 247 g/mol. The van der Waals surface area contributed by atoms with Gasteiger partial charge in [-0.1, -0.05) is 12.1 Å². The number of aromatic amines is 1. The molecular formula is C12H13N3OS. The third-order valence-corrected chi connectivity index (χ3v) is 2.53. The van der Waals surface area contributed by atoms with Crippen LogP contribution >= 0.6 is 12.2 Å². The standard InChI is InChI=1S/C12H13N3OS/c1-2-16-9-5-3-8(4-6-9)10-7-14-12(17)15-11(10)13/h3-7H,2H2,1H3,(H3,13,14,15,17). The van der Waals surface area contributed by atoms with E-state index in [1.165, 1.54) is 0 Å². The van der Waals surface area contributed by atoms with E-state index in [0.717, 1.165) is 16.9 Å². The van der Waals surface area contributed by atoms with Crippen LogP contribution in [0.15, 0.2) is 30.5 Å². The van der Waals surface area contributed by atoms with Crippen molar-refractivity contribution in [2.45, 2.75) is 6.92 Å². The molecule has 1 aromatic heterocycles. The normalized spacial score (nSPS) is 10.2. The fourth-order valence-corrected chi connectivity index (χ4v) is 1.70. The van der Waals surface area contributed by atoms with Crippen LogP contribution in [-0.4, -0.2) is 16.6 Å². The molecule has 0 saturated carbocycles. The van der Waals surface area contributed by atoms with E-state index in [-0.39, 0.29) is 0 Å². The fraction of sp³-hybridized carbons (Fsp3) is 0.167. The Balaban J connectivity index is 2.36. The molecule has 0 aliphatic carbocycles. The Kier molecular flexibility index (Phi) is 3.39. The molecule has 0 saturated heterocycles. The highest BCUT2D eigenvalue weighted by atomic mass is 32.1. The van der Waals surface area contributed by atoms with E-state index in [1.807, 2.05) is 31.2 Å². The summed E-state index contributed by atoms with van der Waals surface area (Å²) in [6, 6.07) is 7.68. The summed E-state index contributed by atoms with van der Waals surface area (Å²) >= 11 is 4.90. The number of aromatic nitrogens is 2. The molecule has 0 spiro atoms. The number of nitrogens with two attached hydrogens (primary N) is 1. The van der Waals surface area contributed by atoms with Gasteiger partial charge in [0.25, 0.3) is 0 Å². The first-order valence-corrected chi connectivity index (χ1v) is 5.69. The maximum absolute atomic E-state index is 5.86. The van der Waals surface area contributed by atoms with Crippen molar-refractivity contribution in [1.82, 2.24) is 9.97 Å². The quantitative estimate of drug-likeness (QED) is 0.819. The third-order valence-electron chi connectivity index (χ3n) is 2.32. The number of hydrogen-bond acceptors (Lipinski definition) is 4. The Morgan fingerprint density at radius 1 is 1.35 bits per heavy atom. The number of benzene rings is 1. The van der Waals surface area contributed by atoms with Crippen molar-refractivity contribution in [3.8, 4) is 16.9 Å². The molecule has 2 aromatic rings. The van der Waals surface area contributed by atoms with Gasteiger partial charge in [0, 0.05) is 11.8 Å². The lowest BCUT2D eigenvalue weighted by Gasteiger charge is -2.06. The molecule has 1 aromatic carbocycles. The van der Waals surface area contributed by atoms with Gasteiger partial charge in [0.05, 0.1) is 6.61 Å². The van der Waals surface area contributed by atoms with Crippen LogP contribution in [0.3, 0.4) is 0 Å². The molecule has 0 atom stereocenters. The van der Waals surface area contributed by atoms with Gasteiger partial charge in [-0.25, -0.2) is 4.98 Å². The summed E-state index contributed by atoms with van der Waals surface area (Å²) in [5.74, 6) is 1.36. The first kappa shape index (κ1) is 11.6. The van der Waals surface area contributed by atoms with E-state index in [1.54, 1.807) is 6.20 Å². The highest BCUT2D eigenvalue weighted by Crippen LogP contribution is 2.25. The van der Waals surface area contributed by atoms with Crippen molar-refractivity contribution in [1.29, 1.82) is 0 Å². The summed E-state index contributed by atoms with van der Waals surface area (Å²) in [5, 5.41) is 0. The number of nitrogen functional groups attached to an aromatic ring is 1. The van der Waals surface area contributed by atoms with Gasteiger partial charge in [0.1, 0.15) is 11.6 Å². The van der Waals surface area contributed by atoms with Gasteiger partial charge in [-0.05, 0) is 36.8 Å². The number of nitrogens with one attached hydrogen (secondary N) is 1. The number of H-pyrrole nitrogens is 1. The number of anilines is 1. The Morgan fingerprint density at radius 2 is 2.06 bits per heavy atom. The summed E-state index contributed by atoms with van der Waals surface area (Å²) in [6.45, 7) is 2.61. The van der Waals surface area contributed by atoms with E-state index in [2.05, 4.69) is 9.97 Å². The van der Waals surface area contributed by atoms with Gasteiger partial charge >= 0.3 is 0 Å². The van der Waals surface area contributed by atoms with Crippen LogP contribution in [0.5, 0.6) is 5.75 Å². The van der Waals surface area contributed by atoms with Crippen LogP contribution in [-0.2, 0) is 0 Å². The van der Waals surface area contributed by atoms with Crippen molar-refractivity contribution in [2.24, 2.45) is 0 Å². The van der Waals surface area contributed by atoms with Gasteiger partial charge in [-0.15, -0.1) is 0 Å². The molecule has 88 valence electrons. The molecule has 0 aliphatic heterocycles. The molecule has 3 N–H and O–H groups in total. The molecule has 1 heterocycles. The van der Waals surface area contributed by atoms with Crippen LogP contribution < -0.4 is 10.5 Å². The summed E-state index contributed by atoms with van der Waals surface area (Å²) in [6.07, 6.45) is 1.67. The zero-order valence-corrected chi connectivity index (χ0v) is 10.3. The van der Waals surface area contributed by atoms with Crippen LogP contribution in [0, 0.1) is 4.77 Å². The van der Waals surface area contributed by atoms with Crippen molar-refractivity contribution >= 4 is 18.0 Å². The predicted octanol–water partition coefficient (Wildman–Crippen LogP) is 2.79. The summed E-state index contributed by atoms with van der Waals surface area (Å²) < 4.78 is 5.76.